The minimum atomic E-state index is -0.553. The van der Waals surface area contributed by atoms with E-state index in [9.17, 15) is 4.79 Å². The van der Waals surface area contributed by atoms with Gasteiger partial charge in [-0.2, -0.15) is 5.26 Å². The smallest absolute Gasteiger partial charge is 0.238 e. The van der Waals surface area contributed by atoms with Crippen molar-refractivity contribution in [3.8, 4) is 6.07 Å². The molecular formula is C12H12N2O. The molecule has 0 aromatic heterocycles. The Hall–Kier alpha value is -1.82. The minimum Gasteiger partial charge on any atom is -0.352 e. The topological polar surface area (TPSA) is 52.9 Å². The molecule has 0 radical (unpaired) electrons. The maximum Gasteiger partial charge on any atom is 0.238 e. The predicted octanol–water partition coefficient (Wildman–Crippen LogP) is 1.43. The van der Waals surface area contributed by atoms with Gasteiger partial charge in [0.25, 0.3) is 0 Å². The molecule has 1 aliphatic rings. The van der Waals surface area contributed by atoms with Crippen LogP contribution in [0.15, 0.2) is 30.3 Å². The SMILES string of the molecule is CC1NC(=O)C(C#N)C1c1ccccc1. The van der Waals surface area contributed by atoms with E-state index in [0.29, 0.717) is 0 Å². The molecule has 0 saturated carbocycles. The number of carbonyl (C=O) groups is 1. The normalized spacial score (nSPS) is 29.6. The largest absolute Gasteiger partial charge is 0.352 e. The predicted molar refractivity (Wildman–Crippen MR) is 55.9 cm³/mol. The summed E-state index contributed by atoms with van der Waals surface area (Å²) in [7, 11) is 0. The lowest BCUT2D eigenvalue weighted by Gasteiger charge is -2.16. The average Bonchev–Trinajstić information content (AvgIpc) is 2.54. The van der Waals surface area contributed by atoms with Crippen molar-refractivity contribution in [1.82, 2.24) is 5.32 Å². The molecular weight excluding hydrogens is 188 g/mol. The van der Waals surface area contributed by atoms with Crippen LogP contribution in [-0.4, -0.2) is 11.9 Å². The van der Waals surface area contributed by atoms with Crippen molar-refractivity contribution in [3.63, 3.8) is 0 Å². The summed E-state index contributed by atoms with van der Waals surface area (Å²) in [6.07, 6.45) is 0. The summed E-state index contributed by atoms with van der Waals surface area (Å²) >= 11 is 0. The van der Waals surface area contributed by atoms with Gasteiger partial charge in [0.05, 0.1) is 6.07 Å². The number of hydrogen-bond donors (Lipinski definition) is 1. The highest BCUT2D eigenvalue weighted by molar-refractivity contribution is 5.85. The van der Waals surface area contributed by atoms with Crippen LogP contribution in [0, 0.1) is 17.2 Å². The first-order chi connectivity index (χ1) is 7.24. The van der Waals surface area contributed by atoms with Crippen LogP contribution in [0.25, 0.3) is 0 Å². The molecule has 3 nitrogen and oxygen atoms in total. The molecule has 76 valence electrons. The van der Waals surface area contributed by atoms with Crippen molar-refractivity contribution in [2.24, 2.45) is 5.92 Å². The van der Waals surface area contributed by atoms with E-state index >= 15 is 0 Å². The van der Waals surface area contributed by atoms with E-state index in [4.69, 9.17) is 5.26 Å². The molecule has 1 aromatic rings. The van der Waals surface area contributed by atoms with Gasteiger partial charge >= 0.3 is 0 Å². The Morgan fingerprint density at radius 2 is 2.00 bits per heavy atom. The molecule has 1 N–H and O–H groups in total. The highest BCUT2D eigenvalue weighted by atomic mass is 16.2. The van der Waals surface area contributed by atoms with Gasteiger partial charge in [-0.1, -0.05) is 30.3 Å². The van der Waals surface area contributed by atoms with Crippen molar-refractivity contribution in [2.45, 2.75) is 18.9 Å². The molecule has 1 aromatic carbocycles. The molecule has 1 fully saturated rings. The molecule has 1 amide bonds. The number of benzene rings is 1. The van der Waals surface area contributed by atoms with Crippen molar-refractivity contribution >= 4 is 5.91 Å². The summed E-state index contributed by atoms with van der Waals surface area (Å²) in [6.45, 7) is 1.94. The van der Waals surface area contributed by atoms with E-state index in [-0.39, 0.29) is 17.9 Å². The zero-order valence-corrected chi connectivity index (χ0v) is 8.47. The summed E-state index contributed by atoms with van der Waals surface area (Å²) in [4.78, 5) is 11.5. The lowest BCUT2D eigenvalue weighted by molar-refractivity contribution is -0.121. The Balaban J connectivity index is 2.36. The van der Waals surface area contributed by atoms with Crippen molar-refractivity contribution < 1.29 is 4.79 Å². The monoisotopic (exact) mass is 200 g/mol. The first kappa shape index (κ1) is 9.72. The maximum absolute atomic E-state index is 11.5. The molecule has 1 aliphatic heterocycles. The van der Waals surface area contributed by atoms with Crippen LogP contribution in [0.1, 0.15) is 18.4 Å². The van der Waals surface area contributed by atoms with Crippen molar-refractivity contribution in [2.75, 3.05) is 0 Å². The van der Waals surface area contributed by atoms with Crippen LogP contribution in [-0.2, 0) is 4.79 Å². The second kappa shape index (κ2) is 3.74. The average molecular weight is 200 g/mol. The summed E-state index contributed by atoms with van der Waals surface area (Å²) in [5.41, 5.74) is 1.05. The number of nitrogens with one attached hydrogen (secondary N) is 1. The Bertz CT molecular complexity index is 407. The number of amides is 1. The highest BCUT2D eigenvalue weighted by Crippen LogP contribution is 2.32. The number of nitriles is 1. The third kappa shape index (κ3) is 1.59. The van der Waals surface area contributed by atoms with Gasteiger partial charge in [-0.05, 0) is 12.5 Å². The van der Waals surface area contributed by atoms with Crippen LogP contribution in [0.5, 0.6) is 0 Å². The fourth-order valence-electron chi connectivity index (χ4n) is 2.15. The number of hydrogen-bond acceptors (Lipinski definition) is 2. The number of nitrogens with zero attached hydrogens (tertiary/aromatic N) is 1. The molecule has 2 rings (SSSR count). The van der Waals surface area contributed by atoms with E-state index in [1.54, 1.807) is 0 Å². The van der Waals surface area contributed by atoms with Crippen LogP contribution >= 0.6 is 0 Å². The molecule has 15 heavy (non-hydrogen) atoms. The quantitative estimate of drug-likeness (QED) is 0.745. The van der Waals surface area contributed by atoms with Crippen molar-refractivity contribution in [3.05, 3.63) is 35.9 Å². The minimum absolute atomic E-state index is 0.0244. The van der Waals surface area contributed by atoms with Gasteiger partial charge in [0.15, 0.2) is 0 Å². The second-order valence-corrected chi connectivity index (χ2v) is 3.84. The molecule has 3 unspecified atom stereocenters. The second-order valence-electron chi connectivity index (χ2n) is 3.84. The third-order valence-electron chi connectivity index (χ3n) is 2.87. The Morgan fingerprint density at radius 1 is 1.33 bits per heavy atom. The summed E-state index contributed by atoms with van der Waals surface area (Å²) in [6, 6.07) is 11.8. The summed E-state index contributed by atoms with van der Waals surface area (Å²) in [5, 5.41) is 11.8. The van der Waals surface area contributed by atoms with Crippen LogP contribution < -0.4 is 5.32 Å². The molecule has 0 aliphatic carbocycles. The zero-order chi connectivity index (χ0) is 10.8. The van der Waals surface area contributed by atoms with Gasteiger partial charge in [0.1, 0.15) is 5.92 Å². The zero-order valence-electron chi connectivity index (χ0n) is 8.47. The van der Waals surface area contributed by atoms with E-state index in [1.807, 2.05) is 37.3 Å². The van der Waals surface area contributed by atoms with Gasteiger partial charge in [0, 0.05) is 12.0 Å². The maximum atomic E-state index is 11.5. The number of rotatable bonds is 1. The van der Waals surface area contributed by atoms with Gasteiger partial charge in [-0.15, -0.1) is 0 Å². The number of carbonyl (C=O) groups excluding carboxylic acids is 1. The standard InChI is InChI=1S/C12H12N2O/c1-8-11(9-5-3-2-4-6-9)10(7-13)12(15)14-8/h2-6,8,10-11H,1H3,(H,14,15). The van der Waals surface area contributed by atoms with Crippen molar-refractivity contribution in [1.29, 1.82) is 5.26 Å². The molecule has 3 heteroatoms. The molecule has 1 saturated heterocycles. The highest BCUT2D eigenvalue weighted by Gasteiger charge is 2.40. The molecule has 0 bridgehead atoms. The Labute approximate surface area is 88.7 Å². The van der Waals surface area contributed by atoms with E-state index < -0.39 is 5.92 Å². The molecule has 0 spiro atoms. The fourth-order valence-corrected chi connectivity index (χ4v) is 2.15. The van der Waals surface area contributed by atoms with Crippen LogP contribution in [0.4, 0.5) is 0 Å². The Morgan fingerprint density at radius 3 is 2.60 bits per heavy atom. The van der Waals surface area contributed by atoms with Gasteiger partial charge in [-0.3, -0.25) is 4.79 Å². The van der Waals surface area contributed by atoms with E-state index in [0.717, 1.165) is 5.56 Å². The van der Waals surface area contributed by atoms with Gasteiger partial charge < -0.3 is 5.32 Å². The Kier molecular flexibility index (Phi) is 2.42. The van der Waals surface area contributed by atoms with Gasteiger partial charge in [-0.25, -0.2) is 0 Å². The van der Waals surface area contributed by atoms with E-state index in [1.165, 1.54) is 0 Å². The third-order valence-corrected chi connectivity index (χ3v) is 2.87. The van der Waals surface area contributed by atoms with Gasteiger partial charge in [0.2, 0.25) is 5.91 Å². The fraction of sp³-hybridized carbons (Fsp3) is 0.333. The molecule has 3 atom stereocenters. The van der Waals surface area contributed by atoms with Crippen LogP contribution in [0.3, 0.4) is 0 Å². The summed E-state index contributed by atoms with van der Waals surface area (Å²) < 4.78 is 0. The first-order valence-corrected chi connectivity index (χ1v) is 4.99. The lowest BCUT2D eigenvalue weighted by Crippen LogP contribution is -2.24. The summed E-state index contributed by atoms with van der Waals surface area (Å²) in [5.74, 6) is -0.732. The lowest BCUT2D eigenvalue weighted by atomic mass is 9.85. The first-order valence-electron chi connectivity index (χ1n) is 4.99. The van der Waals surface area contributed by atoms with E-state index in [2.05, 4.69) is 11.4 Å². The van der Waals surface area contributed by atoms with Crippen LogP contribution in [0.2, 0.25) is 0 Å². The molecule has 1 heterocycles.